The summed E-state index contributed by atoms with van der Waals surface area (Å²) in [5.41, 5.74) is 1.11. The van der Waals surface area contributed by atoms with Gasteiger partial charge in [-0.1, -0.05) is 36.7 Å². The molecule has 4 heteroatoms. The second kappa shape index (κ2) is 6.54. The summed E-state index contributed by atoms with van der Waals surface area (Å²) >= 11 is 3.32. The summed E-state index contributed by atoms with van der Waals surface area (Å²) in [4.78, 5) is 9.99. The lowest BCUT2D eigenvalue weighted by Crippen LogP contribution is -1.90. The molecule has 0 radical (unpaired) electrons. The predicted octanol–water partition coefficient (Wildman–Crippen LogP) is 3.95. The molecule has 0 unspecified atom stereocenters. The number of benzene rings is 1. The molecule has 3 nitrogen and oxygen atoms in total. The summed E-state index contributed by atoms with van der Waals surface area (Å²) in [6.45, 7) is 5.96. The first-order valence-corrected chi connectivity index (χ1v) is 5.37. The van der Waals surface area contributed by atoms with Gasteiger partial charge in [-0.15, -0.1) is 0 Å². The lowest BCUT2D eigenvalue weighted by atomic mass is 10.1. The normalized spacial score (nSPS) is 8.86. The summed E-state index contributed by atoms with van der Waals surface area (Å²) in [6, 6.07) is 4.78. The van der Waals surface area contributed by atoms with Crippen LogP contribution in [-0.4, -0.2) is 4.92 Å². The molecule has 0 atom stereocenters. The molecule has 0 aliphatic carbocycles. The van der Waals surface area contributed by atoms with Gasteiger partial charge in [0.2, 0.25) is 0 Å². The van der Waals surface area contributed by atoms with Crippen LogP contribution in [0.25, 0.3) is 0 Å². The SMILES string of the molecule is CC.CCc1cc([N+](=O)[O-])ccc1Br. The summed E-state index contributed by atoms with van der Waals surface area (Å²) in [7, 11) is 0. The molecule has 0 bridgehead atoms. The highest BCUT2D eigenvalue weighted by Gasteiger charge is 2.07. The third kappa shape index (κ3) is 3.46. The maximum Gasteiger partial charge on any atom is 0.269 e. The molecule has 0 amide bonds. The van der Waals surface area contributed by atoms with E-state index >= 15 is 0 Å². The average molecular weight is 260 g/mol. The highest BCUT2D eigenvalue weighted by molar-refractivity contribution is 9.10. The van der Waals surface area contributed by atoms with Crippen molar-refractivity contribution in [3.63, 3.8) is 0 Å². The molecule has 0 spiro atoms. The molecular weight excluding hydrogens is 246 g/mol. The molecule has 0 heterocycles. The van der Waals surface area contributed by atoms with Gasteiger partial charge in [0.05, 0.1) is 4.92 Å². The van der Waals surface area contributed by atoms with Crippen molar-refractivity contribution in [3.8, 4) is 0 Å². The molecule has 14 heavy (non-hydrogen) atoms. The first-order chi connectivity index (χ1) is 6.65. The zero-order valence-electron chi connectivity index (χ0n) is 8.58. The molecule has 1 aromatic rings. The number of non-ortho nitro benzene ring substituents is 1. The minimum atomic E-state index is -0.383. The first-order valence-electron chi connectivity index (χ1n) is 4.58. The van der Waals surface area contributed by atoms with Gasteiger partial charge in [0, 0.05) is 16.6 Å². The van der Waals surface area contributed by atoms with E-state index in [1.165, 1.54) is 6.07 Å². The van der Waals surface area contributed by atoms with Crippen LogP contribution in [0.2, 0.25) is 0 Å². The van der Waals surface area contributed by atoms with Crippen LogP contribution in [0, 0.1) is 10.1 Å². The Labute approximate surface area is 92.4 Å². The monoisotopic (exact) mass is 259 g/mol. The van der Waals surface area contributed by atoms with E-state index < -0.39 is 0 Å². The van der Waals surface area contributed by atoms with Crippen molar-refractivity contribution in [2.24, 2.45) is 0 Å². The molecular formula is C10H14BrNO2. The van der Waals surface area contributed by atoms with E-state index in [2.05, 4.69) is 15.9 Å². The molecule has 0 saturated carbocycles. The topological polar surface area (TPSA) is 43.1 Å². The molecule has 0 aliphatic heterocycles. The van der Waals surface area contributed by atoms with Crippen LogP contribution in [0.5, 0.6) is 0 Å². The van der Waals surface area contributed by atoms with Gasteiger partial charge in [-0.25, -0.2) is 0 Å². The Bertz CT molecular complexity index is 313. The fraction of sp³-hybridized carbons (Fsp3) is 0.400. The number of rotatable bonds is 2. The first kappa shape index (κ1) is 13.1. The van der Waals surface area contributed by atoms with Crippen LogP contribution in [-0.2, 0) is 6.42 Å². The minimum absolute atomic E-state index is 0.148. The van der Waals surface area contributed by atoms with Gasteiger partial charge in [0.15, 0.2) is 0 Å². The Morgan fingerprint density at radius 3 is 2.43 bits per heavy atom. The van der Waals surface area contributed by atoms with Crippen LogP contribution in [0.15, 0.2) is 22.7 Å². The summed E-state index contributed by atoms with van der Waals surface area (Å²) < 4.78 is 0.926. The van der Waals surface area contributed by atoms with Gasteiger partial charge in [0.25, 0.3) is 5.69 Å². The van der Waals surface area contributed by atoms with Crippen molar-refractivity contribution in [2.75, 3.05) is 0 Å². The third-order valence-corrected chi connectivity index (χ3v) is 2.39. The molecule has 1 aromatic carbocycles. The van der Waals surface area contributed by atoms with Crippen LogP contribution >= 0.6 is 15.9 Å². The summed E-state index contributed by atoms with van der Waals surface area (Å²) in [6.07, 6.45) is 0.794. The quantitative estimate of drug-likeness (QED) is 0.597. The second-order valence-corrected chi connectivity index (χ2v) is 3.24. The summed E-state index contributed by atoms with van der Waals surface area (Å²) in [5.74, 6) is 0. The second-order valence-electron chi connectivity index (χ2n) is 2.39. The number of halogens is 1. The molecule has 1 rings (SSSR count). The van der Waals surface area contributed by atoms with E-state index in [0.29, 0.717) is 0 Å². The fourth-order valence-electron chi connectivity index (χ4n) is 0.946. The molecule has 0 aliphatic rings. The van der Waals surface area contributed by atoms with E-state index in [-0.39, 0.29) is 10.6 Å². The number of nitro groups is 1. The van der Waals surface area contributed by atoms with Crippen LogP contribution in [0.1, 0.15) is 26.3 Å². The van der Waals surface area contributed by atoms with Crippen LogP contribution < -0.4 is 0 Å². The van der Waals surface area contributed by atoms with Crippen molar-refractivity contribution < 1.29 is 4.92 Å². The van der Waals surface area contributed by atoms with E-state index in [0.717, 1.165) is 16.5 Å². The maximum absolute atomic E-state index is 10.4. The van der Waals surface area contributed by atoms with Crippen molar-refractivity contribution in [2.45, 2.75) is 27.2 Å². The van der Waals surface area contributed by atoms with E-state index in [4.69, 9.17) is 0 Å². The van der Waals surface area contributed by atoms with Gasteiger partial charge in [-0.3, -0.25) is 10.1 Å². The standard InChI is InChI=1S/C8H8BrNO2.C2H6/c1-2-6-5-7(10(11)12)3-4-8(6)9;1-2/h3-5H,2H2,1H3;1-2H3. The average Bonchev–Trinajstić information content (AvgIpc) is 2.21. The Kier molecular flexibility index (Phi) is 6.12. The maximum atomic E-state index is 10.4. The Morgan fingerprint density at radius 2 is 2.00 bits per heavy atom. The van der Waals surface area contributed by atoms with Gasteiger partial charge in [-0.05, 0) is 18.1 Å². The van der Waals surface area contributed by atoms with Crippen LogP contribution in [0.3, 0.4) is 0 Å². The Morgan fingerprint density at radius 1 is 1.43 bits per heavy atom. The van der Waals surface area contributed by atoms with E-state index in [1.807, 2.05) is 20.8 Å². The van der Waals surface area contributed by atoms with E-state index in [1.54, 1.807) is 12.1 Å². The van der Waals surface area contributed by atoms with E-state index in [9.17, 15) is 10.1 Å². The lowest BCUT2D eigenvalue weighted by molar-refractivity contribution is -0.384. The number of hydrogen-bond donors (Lipinski definition) is 0. The Hall–Kier alpha value is -0.900. The summed E-state index contributed by atoms with van der Waals surface area (Å²) in [5, 5.41) is 10.4. The number of aryl methyl sites for hydroxylation is 1. The van der Waals surface area contributed by atoms with Gasteiger partial charge >= 0.3 is 0 Å². The molecule has 0 saturated heterocycles. The number of nitrogens with zero attached hydrogens (tertiary/aromatic N) is 1. The minimum Gasteiger partial charge on any atom is -0.258 e. The van der Waals surface area contributed by atoms with Crippen molar-refractivity contribution in [1.82, 2.24) is 0 Å². The number of nitro benzene ring substituents is 1. The predicted molar refractivity (Wildman–Crippen MR) is 61.5 cm³/mol. The molecule has 0 N–H and O–H groups in total. The lowest BCUT2D eigenvalue weighted by Gasteiger charge is -1.99. The molecule has 0 fully saturated rings. The highest BCUT2D eigenvalue weighted by atomic mass is 79.9. The zero-order valence-corrected chi connectivity index (χ0v) is 10.2. The Balaban J connectivity index is 0.000000791. The number of hydrogen-bond acceptors (Lipinski definition) is 2. The fourth-order valence-corrected chi connectivity index (χ4v) is 1.47. The molecule has 78 valence electrons. The largest absolute Gasteiger partial charge is 0.269 e. The molecule has 0 aromatic heterocycles. The van der Waals surface area contributed by atoms with Crippen molar-refractivity contribution >= 4 is 21.6 Å². The van der Waals surface area contributed by atoms with Gasteiger partial charge in [-0.2, -0.15) is 0 Å². The third-order valence-electron chi connectivity index (χ3n) is 1.62. The van der Waals surface area contributed by atoms with Crippen molar-refractivity contribution in [1.29, 1.82) is 0 Å². The van der Waals surface area contributed by atoms with Crippen molar-refractivity contribution in [3.05, 3.63) is 38.3 Å². The smallest absolute Gasteiger partial charge is 0.258 e. The van der Waals surface area contributed by atoms with Gasteiger partial charge in [0.1, 0.15) is 0 Å². The van der Waals surface area contributed by atoms with Gasteiger partial charge < -0.3 is 0 Å². The van der Waals surface area contributed by atoms with Crippen LogP contribution in [0.4, 0.5) is 5.69 Å². The highest BCUT2D eigenvalue weighted by Crippen LogP contribution is 2.22. The zero-order chi connectivity index (χ0) is 11.1.